The third kappa shape index (κ3) is 2.16. The van der Waals surface area contributed by atoms with Crippen molar-refractivity contribution in [3.8, 4) is 0 Å². The predicted molar refractivity (Wildman–Crippen MR) is 77.6 cm³/mol. The van der Waals surface area contributed by atoms with Crippen LogP contribution in [0.4, 0.5) is 5.69 Å². The first kappa shape index (κ1) is 11.8. The summed E-state index contributed by atoms with van der Waals surface area (Å²) in [5.41, 5.74) is 9.71. The number of rotatable bonds is 3. The summed E-state index contributed by atoms with van der Waals surface area (Å²) in [5.74, 6) is 0. The Bertz CT molecular complexity index is 533. The molecule has 1 unspecified atom stereocenters. The molecule has 3 rings (SSSR count). The van der Waals surface area contributed by atoms with Crippen molar-refractivity contribution in [2.75, 3.05) is 5.73 Å². The van der Waals surface area contributed by atoms with Crippen LogP contribution < -0.4 is 5.73 Å². The second-order valence-electron chi connectivity index (χ2n) is 5.02. The number of benzene rings is 1. The van der Waals surface area contributed by atoms with E-state index < -0.39 is 0 Å². The van der Waals surface area contributed by atoms with Crippen LogP contribution in [0.25, 0.3) is 0 Å². The van der Waals surface area contributed by atoms with E-state index in [1.165, 1.54) is 16.0 Å². The summed E-state index contributed by atoms with van der Waals surface area (Å²) < 4.78 is 0. The quantitative estimate of drug-likeness (QED) is 0.856. The van der Waals surface area contributed by atoms with Crippen LogP contribution in [0.2, 0.25) is 0 Å². The Morgan fingerprint density at radius 3 is 2.89 bits per heavy atom. The van der Waals surface area contributed by atoms with E-state index >= 15 is 0 Å². The molecule has 2 N–H and O–H groups in total. The summed E-state index contributed by atoms with van der Waals surface area (Å²) in [7, 11) is 0. The van der Waals surface area contributed by atoms with Crippen LogP contribution in [0.1, 0.15) is 22.9 Å². The molecule has 0 radical (unpaired) electrons. The monoisotopic (exact) mass is 258 g/mol. The van der Waals surface area contributed by atoms with Crippen LogP contribution in [0.5, 0.6) is 0 Å². The van der Waals surface area contributed by atoms with Crippen LogP contribution in [0, 0.1) is 0 Å². The second-order valence-corrected chi connectivity index (χ2v) is 6.05. The van der Waals surface area contributed by atoms with E-state index in [9.17, 15) is 0 Å². The maximum Gasteiger partial charge on any atom is 0.0363 e. The highest BCUT2D eigenvalue weighted by molar-refractivity contribution is 7.09. The Morgan fingerprint density at radius 1 is 1.28 bits per heavy atom. The van der Waals surface area contributed by atoms with Crippen molar-refractivity contribution in [3.63, 3.8) is 0 Å². The lowest BCUT2D eigenvalue weighted by Crippen LogP contribution is -2.29. The van der Waals surface area contributed by atoms with E-state index in [2.05, 4.69) is 41.5 Å². The topological polar surface area (TPSA) is 29.3 Å². The molecule has 2 heterocycles. The minimum Gasteiger partial charge on any atom is -0.398 e. The van der Waals surface area contributed by atoms with Gasteiger partial charge in [0.2, 0.25) is 0 Å². The SMILES string of the molecule is CC(Cc1cccs1)N1Cc2cccc(N)c2C1. The molecule has 2 aromatic rings. The van der Waals surface area contributed by atoms with Gasteiger partial charge in [-0.1, -0.05) is 18.2 Å². The van der Waals surface area contributed by atoms with Crippen molar-refractivity contribution in [1.82, 2.24) is 4.90 Å². The average molecular weight is 258 g/mol. The van der Waals surface area contributed by atoms with Crippen molar-refractivity contribution in [2.24, 2.45) is 0 Å². The standard InChI is InChI=1S/C15H18N2S/c1-11(8-13-5-3-7-18-13)17-9-12-4-2-6-15(16)14(12)10-17/h2-7,11H,8-10,16H2,1H3. The molecular weight excluding hydrogens is 240 g/mol. The summed E-state index contributed by atoms with van der Waals surface area (Å²) in [6, 6.07) is 11.2. The van der Waals surface area contributed by atoms with E-state index in [1.807, 2.05) is 17.4 Å². The normalized spacial score (nSPS) is 16.7. The maximum absolute atomic E-state index is 6.05. The number of hydrogen-bond donors (Lipinski definition) is 1. The Labute approximate surface area is 112 Å². The smallest absolute Gasteiger partial charge is 0.0363 e. The minimum atomic E-state index is 0.565. The predicted octanol–water partition coefficient (Wildman–Crippen LogP) is 3.28. The van der Waals surface area contributed by atoms with Gasteiger partial charge in [-0.25, -0.2) is 0 Å². The molecule has 0 saturated heterocycles. The molecule has 1 atom stereocenters. The van der Waals surface area contributed by atoms with E-state index in [0.717, 1.165) is 25.2 Å². The van der Waals surface area contributed by atoms with Gasteiger partial charge in [-0.2, -0.15) is 0 Å². The largest absolute Gasteiger partial charge is 0.398 e. The Morgan fingerprint density at radius 2 is 2.17 bits per heavy atom. The molecule has 18 heavy (non-hydrogen) atoms. The minimum absolute atomic E-state index is 0.565. The number of thiophene rings is 1. The molecule has 1 aliphatic heterocycles. The number of anilines is 1. The summed E-state index contributed by atoms with van der Waals surface area (Å²) in [4.78, 5) is 3.98. The Balaban J connectivity index is 1.72. The molecule has 0 spiro atoms. The van der Waals surface area contributed by atoms with Gasteiger partial charge >= 0.3 is 0 Å². The third-order valence-electron chi connectivity index (χ3n) is 3.74. The molecule has 0 aliphatic carbocycles. The van der Waals surface area contributed by atoms with E-state index in [-0.39, 0.29) is 0 Å². The zero-order valence-electron chi connectivity index (χ0n) is 10.6. The fourth-order valence-electron chi connectivity index (χ4n) is 2.63. The molecular formula is C15H18N2S. The van der Waals surface area contributed by atoms with Crippen molar-refractivity contribution in [2.45, 2.75) is 32.5 Å². The van der Waals surface area contributed by atoms with Gasteiger partial charge in [0, 0.05) is 29.7 Å². The highest BCUT2D eigenvalue weighted by atomic mass is 32.1. The van der Waals surface area contributed by atoms with Gasteiger partial charge in [-0.3, -0.25) is 4.90 Å². The van der Waals surface area contributed by atoms with E-state index in [4.69, 9.17) is 5.73 Å². The fourth-order valence-corrected chi connectivity index (χ4v) is 3.46. The van der Waals surface area contributed by atoms with Crippen LogP contribution in [0.3, 0.4) is 0 Å². The highest BCUT2D eigenvalue weighted by Gasteiger charge is 2.24. The molecule has 0 saturated carbocycles. The molecule has 2 nitrogen and oxygen atoms in total. The molecule has 94 valence electrons. The number of nitrogens with zero attached hydrogens (tertiary/aromatic N) is 1. The second kappa shape index (κ2) is 4.75. The first-order valence-electron chi connectivity index (χ1n) is 6.36. The lowest BCUT2D eigenvalue weighted by atomic mass is 10.1. The molecule has 0 amide bonds. The number of nitrogen functional groups attached to an aromatic ring is 1. The molecule has 0 fully saturated rings. The van der Waals surface area contributed by atoms with Gasteiger partial charge in [0.1, 0.15) is 0 Å². The highest BCUT2D eigenvalue weighted by Crippen LogP contribution is 2.29. The van der Waals surface area contributed by atoms with Gasteiger partial charge in [-0.15, -0.1) is 11.3 Å². The fraction of sp³-hybridized carbons (Fsp3) is 0.333. The summed E-state index contributed by atoms with van der Waals surface area (Å²) in [6.07, 6.45) is 1.13. The lowest BCUT2D eigenvalue weighted by molar-refractivity contribution is 0.212. The van der Waals surface area contributed by atoms with Gasteiger partial charge in [0.05, 0.1) is 0 Å². The summed E-state index contributed by atoms with van der Waals surface area (Å²) in [6.45, 7) is 4.34. The number of nitrogens with two attached hydrogens (primary N) is 1. The zero-order valence-corrected chi connectivity index (χ0v) is 11.4. The van der Waals surface area contributed by atoms with Crippen molar-refractivity contribution >= 4 is 17.0 Å². The van der Waals surface area contributed by atoms with Gasteiger partial charge < -0.3 is 5.73 Å². The van der Waals surface area contributed by atoms with Crippen LogP contribution in [-0.4, -0.2) is 10.9 Å². The molecule has 0 bridgehead atoms. The first-order valence-corrected chi connectivity index (χ1v) is 7.24. The lowest BCUT2D eigenvalue weighted by Gasteiger charge is -2.23. The molecule has 1 aliphatic rings. The van der Waals surface area contributed by atoms with Crippen molar-refractivity contribution < 1.29 is 0 Å². The Hall–Kier alpha value is -1.32. The first-order chi connectivity index (χ1) is 8.74. The zero-order chi connectivity index (χ0) is 12.5. The van der Waals surface area contributed by atoms with Gasteiger partial charge in [0.15, 0.2) is 0 Å². The van der Waals surface area contributed by atoms with Crippen LogP contribution >= 0.6 is 11.3 Å². The number of fused-ring (bicyclic) bond motifs is 1. The van der Waals surface area contributed by atoms with Gasteiger partial charge in [0.25, 0.3) is 0 Å². The third-order valence-corrected chi connectivity index (χ3v) is 4.64. The Kier molecular flexibility index (Phi) is 3.10. The van der Waals surface area contributed by atoms with E-state index in [1.54, 1.807) is 0 Å². The summed E-state index contributed by atoms with van der Waals surface area (Å²) >= 11 is 1.85. The van der Waals surface area contributed by atoms with Crippen LogP contribution in [0.15, 0.2) is 35.7 Å². The molecule has 1 aromatic heterocycles. The van der Waals surface area contributed by atoms with Crippen LogP contribution in [-0.2, 0) is 19.5 Å². The number of hydrogen-bond acceptors (Lipinski definition) is 3. The summed E-state index contributed by atoms with van der Waals surface area (Å²) in [5, 5.41) is 2.15. The molecule has 1 aromatic carbocycles. The van der Waals surface area contributed by atoms with Crippen molar-refractivity contribution in [1.29, 1.82) is 0 Å². The van der Waals surface area contributed by atoms with Gasteiger partial charge in [-0.05, 0) is 42.0 Å². The maximum atomic E-state index is 6.05. The molecule has 3 heteroatoms. The van der Waals surface area contributed by atoms with Crippen molar-refractivity contribution in [3.05, 3.63) is 51.7 Å². The van der Waals surface area contributed by atoms with E-state index in [0.29, 0.717) is 6.04 Å². The average Bonchev–Trinajstić information content (AvgIpc) is 2.97.